The predicted octanol–water partition coefficient (Wildman–Crippen LogP) is 1.17. The van der Waals surface area contributed by atoms with Crippen molar-refractivity contribution in [3.8, 4) is 0 Å². The second-order valence-electron chi connectivity index (χ2n) is 3.62. The average molecular weight is 256 g/mol. The van der Waals surface area contributed by atoms with Crippen LogP contribution in [0, 0.1) is 11.6 Å². The lowest BCUT2D eigenvalue weighted by atomic mass is 10.1. The first-order valence-corrected chi connectivity index (χ1v) is 5.26. The molecule has 0 aliphatic carbocycles. The number of nitrogen functional groups attached to an aromatic ring is 1. The van der Waals surface area contributed by atoms with E-state index in [-0.39, 0.29) is 30.9 Å². The molecule has 4 nitrogen and oxygen atoms in total. The van der Waals surface area contributed by atoms with Gasteiger partial charge in [0.25, 0.3) is 5.91 Å². The summed E-state index contributed by atoms with van der Waals surface area (Å²) in [6.07, 6.45) is 1.46. The summed E-state index contributed by atoms with van der Waals surface area (Å²) >= 11 is 0. The van der Waals surface area contributed by atoms with Crippen molar-refractivity contribution >= 4 is 11.6 Å². The summed E-state index contributed by atoms with van der Waals surface area (Å²) in [4.78, 5) is 13.2. The summed E-state index contributed by atoms with van der Waals surface area (Å²) in [5.41, 5.74) is 5.20. The smallest absolute Gasteiger partial charge is 0.256 e. The SMILES string of the molecule is C=CCN(CCO)C(=O)c1cc(F)c(F)cc1N. The van der Waals surface area contributed by atoms with Gasteiger partial charge in [-0.2, -0.15) is 0 Å². The molecule has 0 saturated carbocycles. The van der Waals surface area contributed by atoms with Crippen molar-refractivity contribution in [2.75, 3.05) is 25.4 Å². The maximum atomic E-state index is 13.1. The number of anilines is 1. The van der Waals surface area contributed by atoms with Crippen molar-refractivity contribution in [2.24, 2.45) is 0 Å². The third-order valence-corrected chi connectivity index (χ3v) is 2.33. The van der Waals surface area contributed by atoms with Gasteiger partial charge in [-0.1, -0.05) is 6.08 Å². The highest BCUT2D eigenvalue weighted by atomic mass is 19.2. The van der Waals surface area contributed by atoms with Gasteiger partial charge in [0.1, 0.15) is 0 Å². The molecule has 1 rings (SSSR count). The molecule has 1 aromatic carbocycles. The summed E-state index contributed by atoms with van der Waals surface area (Å²) in [6.45, 7) is 3.46. The van der Waals surface area contributed by atoms with Gasteiger partial charge in [-0.3, -0.25) is 4.79 Å². The number of rotatable bonds is 5. The van der Waals surface area contributed by atoms with Gasteiger partial charge < -0.3 is 15.7 Å². The van der Waals surface area contributed by atoms with Crippen LogP contribution in [0.2, 0.25) is 0 Å². The first-order valence-electron chi connectivity index (χ1n) is 5.26. The van der Waals surface area contributed by atoms with Crippen molar-refractivity contribution < 1.29 is 18.7 Å². The van der Waals surface area contributed by atoms with Crippen molar-refractivity contribution in [2.45, 2.75) is 0 Å². The zero-order chi connectivity index (χ0) is 13.7. The highest BCUT2D eigenvalue weighted by Crippen LogP contribution is 2.18. The summed E-state index contributed by atoms with van der Waals surface area (Å²) in [7, 11) is 0. The zero-order valence-electron chi connectivity index (χ0n) is 9.70. The molecule has 0 fully saturated rings. The molecule has 18 heavy (non-hydrogen) atoms. The van der Waals surface area contributed by atoms with E-state index in [1.165, 1.54) is 11.0 Å². The number of carbonyl (C=O) groups excluding carboxylic acids is 1. The van der Waals surface area contributed by atoms with E-state index in [1.54, 1.807) is 0 Å². The zero-order valence-corrected chi connectivity index (χ0v) is 9.70. The minimum Gasteiger partial charge on any atom is -0.398 e. The van der Waals surface area contributed by atoms with E-state index in [0.717, 1.165) is 12.1 Å². The van der Waals surface area contributed by atoms with Crippen LogP contribution in [0.5, 0.6) is 0 Å². The Morgan fingerprint density at radius 3 is 2.61 bits per heavy atom. The molecule has 1 aromatic rings. The van der Waals surface area contributed by atoms with Gasteiger partial charge in [0.05, 0.1) is 12.2 Å². The van der Waals surface area contributed by atoms with Gasteiger partial charge >= 0.3 is 0 Å². The molecule has 0 saturated heterocycles. The van der Waals surface area contributed by atoms with E-state index in [4.69, 9.17) is 10.8 Å². The molecule has 98 valence electrons. The summed E-state index contributed by atoms with van der Waals surface area (Å²) < 4.78 is 26.0. The number of aliphatic hydroxyl groups excluding tert-OH is 1. The van der Waals surface area contributed by atoms with Gasteiger partial charge in [-0.05, 0) is 6.07 Å². The molecule has 0 spiro atoms. The monoisotopic (exact) mass is 256 g/mol. The molecule has 0 radical (unpaired) electrons. The van der Waals surface area contributed by atoms with Crippen LogP contribution in [-0.2, 0) is 0 Å². The molecular formula is C12H14F2N2O2. The van der Waals surface area contributed by atoms with Crippen LogP contribution in [0.15, 0.2) is 24.8 Å². The minimum absolute atomic E-state index is 0.0588. The molecular weight excluding hydrogens is 242 g/mol. The highest BCUT2D eigenvalue weighted by Gasteiger charge is 2.19. The molecule has 0 heterocycles. The standard InChI is InChI=1S/C12H14F2N2O2/c1-2-3-16(4-5-17)12(18)8-6-9(13)10(14)7-11(8)15/h2,6-7,17H,1,3-5,15H2. The summed E-state index contributed by atoms with van der Waals surface area (Å²) in [5.74, 6) is -2.84. The van der Waals surface area contributed by atoms with E-state index in [1.807, 2.05) is 0 Å². The van der Waals surface area contributed by atoms with Gasteiger partial charge in [0, 0.05) is 24.8 Å². The minimum atomic E-state index is -1.14. The number of hydrogen-bond acceptors (Lipinski definition) is 3. The molecule has 0 aromatic heterocycles. The van der Waals surface area contributed by atoms with Gasteiger partial charge in [0.15, 0.2) is 11.6 Å². The number of benzene rings is 1. The molecule has 1 amide bonds. The number of nitrogens with zero attached hydrogens (tertiary/aromatic N) is 1. The van der Waals surface area contributed by atoms with E-state index in [0.29, 0.717) is 0 Å². The van der Waals surface area contributed by atoms with Gasteiger partial charge in [0.2, 0.25) is 0 Å². The number of hydrogen-bond donors (Lipinski definition) is 2. The summed E-state index contributed by atoms with van der Waals surface area (Å²) in [6, 6.07) is 1.51. The predicted molar refractivity (Wildman–Crippen MR) is 64.0 cm³/mol. The van der Waals surface area contributed by atoms with Gasteiger partial charge in [-0.25, -0.2) is 8.78 Å². The molecule has 0 aliphatic heterocycles. The van der Waals surface area contributed by atoms with Crippen LogP contribution in [-0.4, -0.2) is 35.6 Å². The highest BCUT2D eigenvalue weighted by molar-refractivity contribution is 5.99. The van der Waals surface area contributed by atoms with Crippen LogP contribution in [0.1, 0.15) is 10.4 Å². The number of aliphatic hydroxyl groups is 1. The molecule has 0 unspecified atom stereocenters. The Bertz CT molecular complexity index is 464. The maximum Gasteiger partial charge on any atom is 0.256 e. The molecule has 0 atom stereocenters. The van der Waals surface area contributed by atoms with Crippen LogP contribution in [0.4, 0.5) is 14.5 Å². The van der Waals surface area contributed by atoms with Crippen molar-refractivity contribution in [3.63, 3.8) is 0 Å². The number of nitrogens with two attached hydrogens (primary N) is 1. The van der Waals surface area contributed by atoms with Crippen LogP contribution >= 0.6 is 0 Å². The molecule has 6 heteroatoms. The number of halogens is 2. The Kier molecular flexibility index (Phi) is 4.79. The lowest BCUT2D eigenvalue weighted by molar-refractivity contribution is 0.0743. The van der Waals surface area contributed by atoms with E-state index >= 15 is 0 Å². The van der Waals surface area contributed by atoms with Crippen LogP contribution < -0.4 is 5.73 Å². The van der Waals surface area contributed by atoms with Crippen LogP contribution in [0.3, 0.4) is 0 Å². The maximum absolute atomic E-state index is 13.1. The first kappa shape index (κ1) is 14.1. The Morgan fingerprint density at radius 2 is 2.06 bits per heavy atom. The second-order valence-corrected chi connectivity index (χ2v) is 3.62. The summed E-state index contributed by atoms with van der Waals surface area (Å²) in [5, 5.41) is 8.83. The average Bonchev–Trinajstić information content (AvgIpc) is 2.33. The third kappa shape index (κ3) is 3.04. The van der Waals surface area contributed by atoms with Crippen molar-refractivity contribution in [1.82, 2.24) is 4.90 Å². The number of carbonyl (C=O) groups is 1. The van der Waals surface area contributed by atoms with Crippen molar-refractivity contribution in [1.29, 1.82) is 0 Å². The van der Waals surface area contributed by atoms with E-state index in [9.17, 15) is 13.6 Å². The normalized spacial score (nSPS) is 10.2. The van der Waals surface area contributed by atoms with Crippen molar-refractivity contribution in [3.05, 3.63) is 42.0 Å². The lowest BCUT2D eigenvalue weighted by Gasteiger charge is -2.20. The molecule has 3 N–H and O–H groups in total. The van der Waals surface area contributed by atoms with Crippen LogP contribution in [0.25, 0.3) is 0 Å². The van der Waals surface area contributed by atoms with E-state index < -0.39 is 17.5 Å². The first-order chi connectivity index (χ1) is 8.51. The topological polar surface area (TPSA) is 66.6 Å². The molecule has 0 bridgehead atoms. The number of amides is 1. The Labute approximate surface area is 103 Å². The molecule has 0 aliphatic rings. The lowest BCUT2D eigenvalue weighted by Crippen LogP contribution is -2.34. The largest absolute Gasteiger partial charge is 0.398 e. The fourth-order valence-electron chi connectivity index (χ4n) is 1.47. The second kappa shape index (κ2) is 6.11. The fraction of sp³-hybridized carbons (Fsp3) is 0.250. The van der Waals surface area contributed by atoms with Gasteiger partial charge in [-0.15, -0.1) is 6.58 Å². The Morgan fingerprint density at radius 1 is 1.44 bits per heavy atom. The Hall–Kier alpha value is -1.95. The third-order valence-electron chi connectivity index (χ3n) is 2.33. The van der Waals surface area contributed by atoms with E-state index in [2.05, 4.69) is 6.58 Å². The Balaban J connectivity index is 3.07. The quantitative estimate of drug-likeness (QED) is 0.614. The fourth-order valence-corrected chi connectivity index (χ4v) is 1.47.